The van der Waals surface area contributed by atoms with E-state index in [0.29, 0.717) is 5.56 Å². The van der Waals surface area contributed by atoms with E-state index in [0.717, 1.165) is 12.8 Å². The Kier molecular flexibility index (Phi) is 2.88. The first kappa shape index (κ1) is 12.3. The fraction of sp³-hybridized carbons (Fsp3) is 0.455. The van der Waals surface area contributed by atoms with Gasteiger partial charge in [-0.25, -0.2) is 13.4 Å². The van der Waals surface area contributed by atoms with Gasteiger partial charge in [-0.2, -0.15) is 5.26 Å². The molecule has 1 fully saturated rings. The molecule has 1 saturated carbocycles. The third-order valence-corrected chi connectivity index (χ3v) is 5.19. The SMILES string of the molecule is CCS(=O)(=O)c1cc(C2(C#N)CC2)cnc1Cl. The molecule has 0 radical (unpaired) electrons. The van der Waals surface area contributed by atoms with E-state index in [1.54, 1.807) is 6.92 Å². The van der Waals surface area contributed by atoms with Crippen LogP contribution in [0.4, 0.5) is 0 Å². The van der Waals surface area contributed by atoms with E-state index in [-0.39, 0.29) is 15.8 Å². The first-order valence-corrected chi connectivity index (χ1v) is 7.28. The number of rotatable bonds is 3. The molecule has 1 aliphatic carbocycles. The van der Waals surface area contributed by atoms with Gasteiger partial charge in [0.2, 0.25) is 0 Å². The standard InChI is InChI=1S/C11H11ClN2O2S/c1-2-17(15,16)9-5-8(6-14-10(9)12)11(7-13)3-4-11/h5-6H,2-4H2,1H3. The van der Waals surface area contributed by atoms with Gasteiger partial charge >= 0.3 is 0 Å². The van der Waals surface area contributed by atoms with E-state index >= 15 is 0 Å². The Morgan fingerprint density at radius 3 is 2.71 bits per heavy atom. The van der Waals surface area contributed by atoms with Gasteiger partial charge in [-0.15, -0.1) is 0 Å². The smallest absolute Gasteiger partial charge is 0.181 e. The van der Waals surface area contributed by atoms with Gasteiger partial charge in [0.25, 0.3) is 0 Å². The minimum Gasteiger partial charge on any atom is -0.243 e. The van der Waals surface area contributed by atoms with Crippen molar-refractivity contribution in [1.29, 1.82) is 5.26 Å². The number of halogens is 1. The van der Waals surface area contributed by atoms with Crippen LogP contribution < -0.4 is 0 Å². The zero-order chi connectivity index (χ0) is 12.7. The molecule has 90 valence electrons. The molecule has 1 heterocycles. The topological polar surface area (TPSA) is 70.8 Å². The fourth-order valence-electron chi connectivity index (χ4n) is 1.65. The van der Waals surface area contributed by atoms with Crippen molar-refractivity contribution in [2.75, 3.05) is 5.75 Å². The molecule has 2 rings (SSSR count). The van der Waals surface area contributed by atoms with E-state index in [4.69, 9.17) is 16.9 Å². The molecule has 1 aromatic heterocycles. The van der Waals surface area contributed by atoms with Crippen molar-refractivity contribution >= 4 is 21.4 Å². The number of hydrogen-bond donors (Lipinski definition) is 0. The number of nitriles is 1. The van der Waals surface area contributed by atoms with Gasteiger partial charge in [-0.05, 0) is 24.5 Å². The van der Waals surface area contributed by atoms with Crippen molar-refractivity contribution in [3.63, 3.8) is 0 Å². The molecule has 0 aliphatic heterocycles. The van der Waals surface area contributed by atoms with Gasteiger partial charge in [0.05, 0.1) is 17.2 Å². The number of nitrogens with zero attached hydrogens (tertiary/aromatic N) is 2. The van der Waals surface area contributed by atoms with Crippen molar-refractivity contribution in [3.05, 3.63) is 23.0 Å². The monoisotopic (exact) mass is 270 g/mol. The van der Waals surface area contributed by atoms with Crippen molar-refractivity contribution < 1.29 is 8.42 Å². The lowest BCUT2D eigenvalue weighted by molar-refractivity contribution is 0.596. The summed E-state index contributed by atoms with van der Waals surface area (Å²) in [5.74, 6) is -0.0304. The second kappa shape index (κ2) is 3.97. The largest absolute Gasteiger partial charge is 0.243 e. The summed E-state index contributed by atoms with van der Waals surface area (Å²) in [7, 11) is -3.40. The third kappa shape index (κ3) is 2.03. The van der Waals surface area contributed by atoms with Crippen molar-refractivity contribution in [3.8, 4) is 6.07 Å². The molecule has 4 nitrogen and oxygen atoms in total. The first-order chi connectivity index (χ1) is 7.95. The zero-order valence-electron chi connectivity index (χ0n) is 9.27. The Morgan fingerprint density at radius 1 is 1.59 bits per heavy atom. The number of sulfone groups is 1. The van der Waals surface area contributed by atoms with Crippen LogP contribution in [0.15, 0.2) is 17.2 Å². The first-order valence-electron chi connectivity index (χ1n) is 5.25. The normalized spacial score (nSPS) is 17.5. The highest BCUT2D eigenvalue weighted by Gasteiger charge is 2.45. The third-order valence-electron chi connectivity index (χ3n) is 3.04. The maximum Gasteiger partial charge on any atom is 0.181 e. The van der Waals surface area contributed by atoms with E-state index in [1.165, 1.54) is 12.3 Å². The summed E-state index contributed by atoms with van der Waals surface area (Å²) >= 11 is 5.80. The highest BCUT2D eigenvalue weighted by atomic mass is 35.5. The van der Waals surface area contributed by atoms with Crippen LogP contribution in [0.2, 0.25) is 5.15 Å². The van der Waals surface area contributed by atoms with Crippen LogP contribution in [-0.4, -0.2) is 19.2 Å². The summed E-state index contributed by atoms with van der Waals surface area (Å²) in [4.78, 5) is 3.91. The van der Waals surface area contributed by atoms with Crippen molar-refractivity contribution in [1.82, 2.24) is 4.98 Å². The number of aromatic nitrogens is 1. The lowest BCUT2D eigenvalue weighted by Gasteiger charge is -2.09. The lowest BCUT2D eigenvalue weighted by atomic mass is 10.0. The van der Waals surface area contributed by atoms with Gasteiger partial charge in [0.1, 0.15) is 10.0 Å². The molecule has 0 spiro atoms. The van der Waals surface area contributed by atoms with E-state index in [2.05, 4.69) is 11.1 Å². The summed E-state index contributed by atoms with van der Waals surface area (Å²) in [5.41, 5.74) is 0.103. The molecule has 17 heavy (non-hydrogen) atoms. The minimum absolute atomic E-state index is 0.0238. The van der Waals surface area contributed by atoms with Gasteiger partial charge in [-0.1, -0.05) is 18.5 Å². The quantitative estimate of drug-likeness (QED) is 0.789. The van der Waals surface area contributed by atoms with Gasteiger partial charge in [0.15, 0.2) is 9.84 Å². The Bertz CT molecular complexity index is 600. The molecule has 0 unspecified atom stereocenters. The minimum atomic E-state index is -3.40. The highest BCUT2D eigenvalue weighted by Crippen LogP contribution is 2.48. The van der Waals surface area contributed by atoms with Gasteiger partial charge in [-0.3, -0.25) is 0 Å². The van der Waals surface area contributed by atoms with E-state index in [1.807, 2.05) is 0 Å². The average molecular weight is 271 g/mol. The van der Waals surface area contributed by atoms with Crippen LogP contribution in [0.1, 0.15) is 25.3 Å². The zero-order valence-corrected chi connectivity index (χ0v) is 10.8. The molecule has 0 atom stereocenters. The molecule has 6 heteroatoms. The van der Waals surface area contributed by atoms with Crippen LogP contribution in [0, 0.1) is 11.3 Å². The predicted molar refractivity (Wildman–Crippen MR) is 63.5 cm³/mol. The van der Waals surface area contributed by atoms with Crippen LogP contribution in [0.3, 0.4) is 0 Å². The predicted octanol–water partition coefficient (Wildman–Crippen LogP) is 2.08. The summed E-state index contributed by atoms with van der Waals surface area (Å²) in [6.45, 7) is 1.55. The van der Waals surface area contributed by atoms with Crippen molar-refractivity contribution in [2.24, 2.45) is 0 Å². The molecule has 0 N–H and O–H groups in total. The molecule has 1 aromatic rings. The van der Waals surface area contributed by atoms with E-state index in [9.17, 15) is 8.42 Å². The van der Waals surface area contributed by atoms with Crippen molar-refractivity contribution in [2.45, 2.75) is 30.1 Å². The summed E-state index contributed by atoms with van der Waals surface area (Å²) in [6.07, 6.45) is 2.99. The van der Waals surface area contributed by atoms with Gasteiger partial charge < -0.3 is 0 Å². The van der Waals surface area contributed by atoms with Crippen LogP contribution in [-0.2, 0) is 15.3 Å². The second-order valence-corrected chi connectivity index (χ2v) is 6.71. The van der Waals surface area contributed by atoms with Crippen LogP contribution in [0.5, 0.6) is 0 Å². The van der Waals surface area contributed by atoms with Gasteiger partial charge in [0, 0.05) is 6.20 Å². The lowest BCUT2D eigenvalue weighted by Crippen LogP contribution is -2.09. The Hall–Kier alpha value is -1.12. The maximum atomic E-state index is 11.8. The summed E-state index contributed by atoms with van der Waals surface area (Å²) in [6, 6.07) is 3.70. The average Bonchev–Trinajstić information content (AvgIpc) is 3.10. The maximum absolute atomic E-state index is 11.8. The molecule has 1 aliphatic rings. The highest BCUT2D eigenvalue weighted by molar-refractivity contribution is 7.91. The fourth-order valence-corrected chi connectivity index (χ4v) is 3.04. The Morgan fingerprint density at radius 2 is 2.24 bits per heavy atom. The Balaban J connectivity index is 2.56. The molecular weight excluding hydrogens is 260 g/mol. The summed E-state index contributed by atoms with van der Waals surface area (Å²) in [5, 5.41) is 9.05. The van der Waals surface area contributed by atoms with Crippen LogP contribution >= 0.6 is 11.6 Å². The summed E-state index contributed by atoms with van der Waals surface area (Å²) < 4.78 is 23.6. The van der Waals surface area contributed by atoms with E-state index < -0.39 is 15.3 Å². The Labute approximate surface area is 105 Å². The second-order valence-electron chi connectivity index (χ2n) is 4.11. The molecule has 0 bridgehead atoms. The molecule has 0 aromatic carbocycles. The number of hydrogen-bond acceptors (Lipinski definition) is 4. The molecule has 0 saturated heterocycles. The molecule has 0 amide bonds. The number of pyridine rings is 1. The molecular formula is C11H11ClN2O2S. The van der Waals surface area contributed by atoms with Crippen LogP contribution in [0.25, 0.3) is 0 Å².